The fourth-order valence-corrected chi connectivity index (χ4v) is 1.98. The molecule has 0 aromatic carbocycles. The lowest BCUT2D eigenvalue weighted by Gasteiger charge is -2.42. The lowest BCUT2D eigenvalue weighted by atomic mass is 9.91. The topological polar surface area (TPSA) is 51.2 Å². The Bertz CT molecular complexity index is 228. The summed E-state index contributed by atoms with van der Waals surface area (Å²) >= 11 is 0. The summed E-state index contributed by atoms with van der Waals surface area (Å²) in [5, 5.41) is 9.77. The van der Waals surface area contributed by atoms with Crippen LogP contribution < -0.4 is 0 Å². The van der Waals surface area contributed by atoms with E-state index in [1.54, 1.807) is 7.11 Å². The van der Waals surface area contributed by atoms with E-state index >= 15 is 0 Å². The normalized spacial score (nSPS) is 52.8. The Hall–Kier alpha value is -0.160. The first kappa shape index (κ1) is 9.40. The standard InChI is InChI=1S/C9H16O4/c1-8(2)6(10)5-7(12-5)9(3,11-4)13-8/h5-7,10H,1-4H3. The lowest BCUT2D eigenvalue weighted by molar-refractivity contribution is -0.298. The first-order valence-corrected chi connectivity index (χ1v) is 4.49. The van der Waals surface area contributed by atoms with Crippen molar-refractivity contribution in [2.45, 2.75) is 50.5 Å². The molecule has 0 bridgehead atoms. The Morgan fingerprint density at radius 3 is 2.46 bits per heavy atom. The van der Waals surface area contributed by atoms with E-state index in [1.807, 2.05) is 20.8 Å². The Morgan fingerprint density at radius 1 is 1.31 bits per heavy atom. The van der Waals surface area contributed by atoms with Crippen molar-refractivity contribution in [2.75, 3.05) is 7.11 Å². The third-order valence-electron chi connectivity index (χ3n) is 2.94. The maximum Gasteiger partial charge on any atom is 0.194 e. The van der Waals surface area contributed by atoms with Gasteiger partial charge in [0.1, 0.15) is 18.3 Å². The molecule has 0 aliphatic carbocycles. The van der Waals surface area contributed by atoms with Crippen LogP contribution in [0.25, 0.3) is 0 Å². The highest BCUT2D eigenvalue weighted by Crippen LogP contribution is 2.47. The van der Waals surface area contributed by atoms with Gasteiger partial charge in [0.25, 0.3) is 0 Å². The quantitative estimate of drug-likeness (QED) is 0.601. The first-order chi connectivity index (χ1) is 5.91. The van der Waals surface area contributed by atoms with Crippen molar-refractivity contribution in [1.82, 2.24) is 0 Å². The van der Waals surface area contributed by atoms with Crippen molar-refractivity contribution in [2.24, 2.45) is 0 Å². The molecule has 13 heavy (non-hydrogen) atoms. The predicted octanol–water partition coefficient (Wildman–Crippen LogP) is 0.286. The van der Waals surface area contributed by atoms with E-state index in [2.05, 4.69) is 0 Å². The van der Waals surface area contributed by atoms with E-state index in [-0.39, 0.29) is 12.2 Å². The zero-order chi connectivity index (χ0) is 9.85. The Balaban J connectivity index is 2.22. The molecular weight excluding hydrogens is 172 g/mol. The van der Waals surface area contributed by atoms with Crippen LogP contribution in [0.2, 0.25) is 0 Å². The van der Waals surface area contributed by atoms with Crippen molar-refractivity contribution in [3.63, 3.8) is 0 Å². The maximum absolute atomic E-state index is 9.77. The zero-order valence-corrected chi connectivity index (χ0v) is 8.40. The second-order valence-electron chi connectivity index (χ2n) is 4.39. The summed E-state index contributed by atoms with van der Waals surface area (Å²) in [6.45, 7) is 5.52. The molecule has 0 radical (unpaired) electrons. The molecule has 76 valence electrons. The minimum absolute atomic E-state index is 0.125. The third kappa shape index (κ3) is 1.21. The van der Waals surface area contributed by atoms with Crippen LogP contribution in [0.5, 0.6) is 0 Å². The molecule has 1 N–H and O–H groups in total. The van der Waals surface area contributed by atoms with Crippen molar-refractivity contribution in [3.05, 3.63) is 0 Å². The molecule has 2 fully saturated rings. The highest BCUT2D eigenvalue weighted by Gasteiger charge is 2.66. The molecule has 2 heterocycles. The van der Waals surface area contributed by atoms with Crippen LogP contribution in [0.4, 0.5) is 0 Å². The number of methoxy groups -OCH3 is 1. The number of aliphatic hydroxyl groups excluding tert-OH is 1. The van der Waals surface area contributed by atoms with E-state index in [4.69, 9.17) is 14.2 Å². The van der Waals surface area contributed by atoms with E-state index < -0.39 is 17.5 Å². The van der Waals surface area contributed by atoms with Crippen molar-refractivity contribution in [3.8, 4) is 0 Å². The fourth-order valence-electron chi connectivity index (χ4n) is 1.98. The summed E-state index contributed by atoms with van der Waals surface area (Å²) in [6.07, 6.45) is -0.824. The number of aliphatic hydroxyl groups is 1. The van der Waals surface area contributed by atoms with Gasteiger partial charge in [-0.15, -0.1) is 0 Å². The van der Waals surface area contributed by atoms with Gasteiger partial charge in [0.2, 0.25) is 0 Å². The average molecular weight is 188 g/mol. The molecule has 4 unspecified atom stereocenters. The predicted molar refractivity (Wildman–Crippen MR) is 45.2 cm³/mol. The van der Waals surface area contributed by atoms with Gasteiger partial charge < -0.3 is 19.3 Å². The summed E-state index contributed by atoms with van der Waals surface area (Å²) in [5.41, 5.74) is -0.609. The number of epoxide rings is 1. The van der Waals surface area contributed by atoms with Crippen LogP contribution in [-0.2, 0) is 14.2 Å². The monoisotopic (exact) mass is 188 g/mol. The van der Waals surface area contributed by atoms with Gasteiger partial charge in [-0.2, -0.15) is 0 Å². The Morgan fingerprint density at radius 2 is 1.92 bits per heavy atom. The van der Waals surface area contributed by atoms with E-state index in [9.17, 15) is 5.11 Å². The van der Waals surface area contributed by atoms with Gasteiger partial charge in [-0.25, -0.2) is 0 Å². The summed E-state index contributed by atoms with van der Waals surface area (Å²) in [5.74, 6) is -0.715. The molecule has 0 saturated carbocycles. The average Bonchev–Trinajstić information content (AvgIpc) is 2.79. The van der Waals surface area contributed by atoms with Gasteiger partial charge >= 0.3 is 0 Å². The van der Waals surface area contributed by atoms with Crippen LogP contribution >= 0.6 is 0 Å². The molecule has 0 amide bonds. The minimum Gasteiger partial charge on any atom is -0.387 e. The van der Waals surface area contributed by atoms with Gasteiger partial charge in [-0.05, 0) is 20.8 Å². The van der Waals surface area contributed by atoms with Gasteiger partial charge in [0.15, 0.2) is 5.79 Å². The SMILES string of the molecule is COC1(C)OC(C)(C)C(O)C2OC21. The van der Waals surface area contributed by atoms with Crippen molar-refractivity contribution >= 4 is 0 Å². The number of hydrogen-bond acceptors (Lipinski definition) is 4. The van der Waals surface area contributed by atoms with Gasteiger partial charge in [-0.1, -0.05) is 0 Å². The van der Waals surface area contributed by atoms with E-state index in [1.165, 1.54) is 0 Å². The number of rotatable bonds is 1. The van der Waals surface area contributed by atoms with Crippen LogP contribution in [0.3, 0.4) is 0 Å². The summed E-state index contributed by atoms with van der Waals surface area (Å²) in [6, 6.07) is 0. The second kappa shape index (κ2) is 2.45. The second-order valence-corrected chi connectivity index (χ2v) is 4.39. The molecular formula is C9H16O4. The largest absolute Gasteiger partial charge is 0.387 e. The number of hydrogen-bond donors (Lipinski definition) is 1. The van der Waals surface area contributed by atoms with Crippen LogP contribution in [0, 0.1) is 0 Å². The fraction of sp³-hybridized carbons (Fsp3) is 1.00. The minimum atomic E-state index is -0.715. The molecule has 0 aromatic rings. The summed E-state index contributed by atoms with van der Waals surface area (Å²) in [7, 11) is 1.59. The van der Waals surface area contributed by atoms with Gasteiger partial charge in [-0.3, -0.25) is 0 Å². The molecule has 0 aromatic heterocycles. The molecule has 2 saturated heterocycles. The number of fused-ring (bicyclic) bond motifs is 1. The highest BCUT2D eigenvalue weighted by molar-refractivity contribution is 5.09. The van der Waals surface area contributed by atoms with Crippen molar-refractivity contribution < 1.29 is 19.3 Å². The molecule has 4 nitrogen and oxygen atoms in total. The van der Waals surface area contributed by atoms with E-state index in [0.29, 0.717) is 0 Å². The number of ether oxygens (including phenoxy) is 3. The molecule has 4 atom stereocenters. The molecule has 2 rings (SSSR count). The molecule has 2 aliphatic heterocycles. The van der Waals surface area contributed by atoms with E-state index in [0.717, 1.165) is 0 Å². The smallest absolute Gasteiger partial charge is 0.194 e. The zero-order valence-electron chi connectivity index (χ0n) is 8.40. The molecule has 4 heteroatoms. The maximum atomic E-state index is 9.77. The third-order valence-corrected chi connectivity index (χ3v) is 2.94. The summed E-state index contributed by atoms with van der Waals surface area (Å²) < 4.78 is 16.3. The lowest BCUT2D eigenvalue weighted by Crippen LogP contribution is -2.57. The van der Waals surface area contributed by atoms with Gasteiger partial charge in [0.05, 0.1) is 5.60 Å². The Kier molecular flexibility index (Phi) is 1.77. The van der Waals surface area contributed by atoms with Crippen molar-refractivity contribution in [1.29, 1.82) is 0 Å². The van der Waals surface area contributed by atoms with Crippen LogP contribution in [0.15, 0.2) is 0 Å². The van der Waals surface area contributed by atoms with Crippen LogP contribution in [0.1, 0.15) is 20.8 Å². The first-order valence-electron chi connectivity index (χ1n) is 4.49. The molecule has 2 aliphatic rings. The highest BCUT2D eigenvalue weighted by atomic mass is 16.8. The Labute approximate surface area is 77.8 Å². The summed E-state index contributed by atoms with van der Waals surface area (Å²) in [4.78, 5) is 0. The molecule has 0 spiro atoms. The van der Waals surface area contributed by atoms with Crippen LogP contribution in [-0.4, -0.2) is 41.9 Å². The van der Waals surface area contributed by atoms with Gasteiger partial charge in [0, 0.05) is 7.11 Å².